The van der Waals surface area contributed by atoms with E-state index in [0.29, 0.717) is 11.8 Å². The van der Waals surface area contributed by atoms with E-state index in [2.05, 4.69) is 25.1 Å². The summed E-state index contributed by atoms with van der Waals surface area (Å²) in [5.41, 5.74) is 1.06. The van der Waals surface area contributed by atoms with E-state index < -0.39 is 0 Å². The van der Waals surface area contributed by atoms with Gasteiger partial charge in [0.2, 0.25) is 0 Å². The van der Waals surface area contributed by atoms with Crippen molar-refractivity contribution in [2.24, 2.45) is 0 Å². The first-order chi connectivity index (χ1) is 8.72. The Morgan fingerprint density at radius 3 is 2.83 bits per heavy atom. The molecule has 0 bridgehead atoms. The molecule has 1 aromatic rings. The van der Waals surface area contributed by atoms with Crippen LogP contribution >= 0.6 is 0 Å². The molecule has 0 unspecified atom stereocenters. The molecule has 0 heterocycles. The molecule has 18 heavy (non-hydrogen) atoms. The molecule has 1 N–H and O–H groups in total. The molecule has 0 spiro atoms. The van der Waals surface area contributed by atoms with Crippen LogP contribution in [0.2, 0.25) is 0 Å². The number of benzene rings is 1. The summed E-state index contributed by atoms with van der Waals surface area (Å²) in [7, 11) is 1.63. The van der Waals surface area contributed by atoms with Crippen LogP contribution in [0.1, 0.15) is 25.8 Å². The largest absolute Gasteiger partial charge is 0.493 e. The second-order valence-electron chi connectivity index (χ2n) is 4.13. The third kappa shape index (κ3) is 3.97. The first kappa shape index (κ1) is 14.4. The summed E-state index contributed by atoms with van der Waals surface area (Å²) in [5.74, 6) is 3.92. The van der Waals surface area contributed by atoms with E-state index in [0.717, 1.165) is 24.3 Å². The molecule has 1 rings (SSSR count). The van der Waals surface area contributed by atoms with Crippen molar-refractivity contribution in [1.82, 2.24) is 5.32 Å². The van der Waals surface area contributed by atoms with Crippen molar-refractivity contribution in [2.75, 3.05) is 13.7 Å². The summed E-state index contributed by atoms with van der Waals surface area (Å²) in [6.45, 7) is 5.30. The molecule has 1 atom stereocenters. The summed E-state index contributed by atoms with van der Waals surface area (Å²) in [6.07, 6.45) is 6.32. The van der Waals surface area contributed by atoms with Crippen LogP contribution in [0.4, 0.5) is 0 Å². The number of para-hydroxylation sites is 1. The average Bonchev–Trinajstić information content (AvgIpc) is 2.42. The normalized spacial score (nSPS) is 11.7. The average molecular weight is 247 g/mol. The maximum atomic E-state index is 5.57. The SMILES string of the molecule is C#CCOc1c(CN[C@@H](C)CC)cccc1OC. The van der Waals surface area contributed by atoms with Gasteiger partial charge in [-0.3, -0.25) is 0 Å². The molecule has 0 saturated heterocycles. The van der Waals surface area contributed by atoms with Gasteiger partial charge in [0.25, 0.3) is 0 Å². The van der Waals surface area contributed by atoms with Gasteiger partial charge in [0, 0.05) is 18.2 Å². The molecule has 0 aliphatic heterocycles. The zero-order valence-corrected chi connectivity index (χ0v) is 11.3. The van der Waals surface area contributed by atoms with Crippen molar-refractivity contribution < 1.29 is 9.47 Å². The van der Waals surface area contributed by atoms with Gasteiger partial charge in [-0.15, -0.1) is 6.42 Å². The molecule has 0 aliphatic carbocycles. The summed E-state index contributed by atoms with van der Waals surface area (Å²) in [4.78, 5) is 0. The van der Waals surface area contributed by atoms with E-state index in [1.165, 1.54) is 0 Å². The minimum Gasteiger partial charge on any atom is -0.493 e. The third-order valence-electron chi connectivity index (χ3n) is 2.83. The van der Waals surface area contributed by atoms with Crippen LogP contribution in [0, 0.1) is 12.3 Å². The predicted octanol–water partition coefficient (Wildman–Crippen LogP) is 2.60. The van der Waals surface area contributed by atoms with Crippen molar-refractivity contribution in [3.05, 3.63) is 23.8 Å². The van der Waals surface area contributed by atoms with E-state index in [-0.39, 0.29) is 6.61 Å². The van der Waals surface area contributed by atoms with Crippen LogP contribution in [-0.4, -0.2) is 19.8 Å². The Kier molecular flexibility index (Phi) is 6.10. The quantitative estimate of drug-likeness (QED) is 0.751. The fourth-order valence-electron chi connectivity index (χ4n) is 1.57. The number of terminal acetylenes is 1. The van der Waals surface area contributed by atoms with Crippen LogP contribution in [0.5, 0.6) is 11.5 Å². The minimum absolute atomic E-state index is 0.247. The Morgan fingerprint density at radius 1 is 1.44 bits per heavy atom. The molecule has 3 heteroatoms. The van der Waals surface area contributed by atoms with Gasteiger partial charge in [-0.25, -0.2) is 0 Å². The first-order valence-electron chi connectivity index (χ1n) is 6.18. The first-order valence-corrected chi connectivity index (χ1v) is 6.18. The second kappa shape index (κ2) is 7.62. The molecule has 0 saturated carbocycles. The van der Waals surface area contributed by atoms with E-state index >= 15 is 0 Å². The molecule has 3 nitrogen and oxygen atoms in total. The minimum atomic E-state index is 0.247. The Balaban J connectivity index is 2.84. The Bertz CT molecular complexity index is 409. The molecule has 0 amide bonds. The fourth-order valence-corrected chi connectivity index (χ4v) is 1.57. The maximum Gasteiger partial charge on any atom is 0.167 e. The smallest absolute Gasteiger partial charge is 0.167 e. The Labute approximate surface area is 109 Å². The number of ether oxygens (including phenoxy) is 2. The van der Waals surface area contributed by atoms with Gasteiger partial charge in [-0.05, 0) is 19.4 Å². The lowest BCUT2D eigenvalue weighted by atomic mass is 10.1. The van der Waals surface area contributed by atoms with Crippen molar-refractivity contribution in [2.45, 2.75) is 32.9 Å². The molecule has 1 aromatic carbocycles. The van der Waals surface area contributed by atoms with E-state index in [4.69, 9.17) is 15.9 Å². The molecule has 98 valence electrons. The summed E-state index contributed by atoms with van der Waals surface area (Å²) >= 11 is 0. The number of methoxy groups -OCH3 is 1. The molecule has 0 aromatic heterocycles. The van der Waals surface area contributed by atoms with Crippen LogP contribution in [-0.2, 0) is 6.54 Å². The van der Waals surface area contributed by atoms with Crippen molar-refractivity contribution in [3.8, 4) is 23.8 Å². The van der Waals surface area contributed by atoms with Gasteiger partial charge in [0.15, 0.2) is 11.5 Å². The number of hydrogen-bond donors (Lipinski definition) is 1. The van der Waals surface area contributed by atoms with E-state index in [1.807, 2.05) is 18.2 Å². The van der Waals surface area contributed by atoms with Gasteiger partial charge in [0.1, 0.15) is 6.61 Å². The molecule has 0 radical (unpaired) electrons. The van der Waals surface area contributed by atoms with Crippen LogP contribution in [0.25, 0.3) is 0 Å². The monoisotopic (exact) mass is 247 g/mol. The highest BCUT2D eigenvalue weighted by molar-refractivity contribution is 5.46. The zero-order chi connectivity index (χ0) is 13.4. The standard InChI is InChI=1S/C15H21NO2/c1-5-10-18-15-13(11-16-12(3)6-2)8-7-9-14(15)17-4/h1,7-9,12,16H,6,10-11H2,2-4H3/t12-/m0/s1. The zero-order valence-electron chi connectivity index (χ0n) is 11.3. The van der Waals surface area contributed by atoms with Gasteiger partial charge in [-0.2, -0.15) is 0 Å². The van der Waals surface area contributed by atoms with E-state index in [9.17, 15) is 0 Å². The molecule has 0 fully saturated rings. The summed E-state index contributed by atoms with van der Waals surface area (Å²) in [5, 5.41) is 3.43. The highest BCUT2D eigenvalue weighted by Gasteiger charge is 2.10. The Morgan fingerprint density at radius 2 is 2.22 bits per heavy atom. The topological polar surface area (TPSA) is 30.5 Å². The summed E-state index contributed by atoms with van der Waals surface area (Å²) < 4.78 is 10.9. The van der Waals surface area contributed by atoms with Gasteiger partial charge in [-0.1, -0.05) is 25.0 Å². The lowest BCUT2D eigenvalue weighted by Gasteiger charge is -2.16. The molecular formula is C15H21NO2. The second-order valence-corrected chi connectivity index (χ2v) is 4.13. The fraction of sp³-hybridized carbons (Fsp3) is 0.467. The maximum absolute atomic E-state index is 5.57. The lowest BCUT2D eigenvalue weighted by Crippen LogP contribution is -2.24. The lowest BCUT2D eigenvalue weighted by molar-refractivity contribution is 0.326. The number of nitrogens with one attached hydrogen (secondary N) is 1. The van der Waals surface area contributed by atoms with Crippen LogP contribution < -0.4 is 14.8 Å². The van der Waals surface area contributed by atoms with Gasteiger partial charge >= 0.3 is 0 Å². The van der Waals surface area contributed by atoms with Crippen molar-refractivity contribution >= 4 is 0 Å². The molecular weight excluding hydrogens is 226 g/mol. The highest BCUT2D eigenvalue weighted by atomic mass is 16.5. The Hall–Kier alpha value is -1.66. The predicted molar refractivity (Wildman–Crippen MR) is 73.9 cm³/mol. The van der Waals surface area contributed by atoms with Crippen LogP contribution in [0.3, 0.4) is 0 Å². The highest BCUT2D eigenvalue weighted by Crippen LogP contribution is 2.31. The van der Waals surface area contributed by atoms with Gasteiger partial charge in [0.05, 0.1) is 7.11 Å². The van der Waals surface area contributed by atoms with Crippen molar-refractivity contribution in [1.29, 1.82) is 0 Å². The van der Waals surface area contributed by atoms with Gasteiger partial charge < -0.3 is 14.8 Å². The van der Waals surface area contributed by atoms with Crippen LogP contribution in [0.15, 0.2) is 18.2 Å². The number of hydrogen-bond acceptors (Lipinski definition) is 3. The molecule has 0 aliphatic rings. The van der Waals surface area contributed by atoms with Crippen molar-refractivity contribution in [3.63, 3.8) is 0 Å². The third-order valence-corrected chi connectivity index (χ3v) is 2.83. The number of rotatable bonds is 7. The summed E-state index contributed by atoms with van der Waals surface area (Å²) in [6, 6.07) is 6.31. The van der Waals surface area contributed by atoms with E-state index in [1.54, 1.807) is 7.11 Å².